The van der Waals surface area contributed by atoms with Crippen molar-refractivity contribution in [1.29, 1.82) is 0 Å². The summed E-state index contributed by atoms with van der Waals surface area (Å²) in [6.45, 7) is 9.99. The van der Waals surface area contributed by atoms with E-state index in [-0.39, 0.29) is 5.91 Å². The maximum absolute atomic E-state index is 13.2. The van der Waals surface area contributed by atoms with E-state index in [4.69, 9.17) is 4.74 Å². The molecule has 1 aliphatic heterocycles. The first-order valence-corrected chi connectivity index (χ1v) is 11.2. The Balaban J connectivity index is 1.42. The zero-order valence-electron chi connectivity index (χ0n) is 19.3. The fourth-order valence-corrected chi connectivity index (χ4v) is 4.35. The van der Waals surface area contributed by atoms with E-state index >= 15 is 0 Å². The molecular weight excluding hydrogens is 402 g/mol. The summed E-state index contributed by atoms with van der Waals surface area (Å²) in [6.07, 6.45) is 2.42. The van der Waals surface area contributed by atoms with Gasteiger partial charge in [-0.1, -0.05) is 18.2 Å². The van der Waals surface area contributed by atoms with Gasteiger partial charge in [-0.25, -0.2) is 14.6 Å². The second-order valence-corrected chi connectivity index (χ2v) is 8.66. The van der Waals surface area contributed by atoms with Crippen LogP contribution in [0.1, 0.15) is 41.2 Å². The lowest BCUT2D eigenvalue weighted by Gasteiger charge is -2.32. The highest BCUT2D eigenvalue weighted by Crippen LogP contribution is 2.22. The third kappa shape index (κ3) is 4.98. The summed E-state index contributed by atoms with van der Waals surface area (Å²) in [5, 5.41) is 4.64. The summed E-state index contributed by atoms with van der Waals surface area (Å²) in [6, 6.07) is 11.8. The first kappa shape index (κ1) is 22.0. The van der Waals surface area contributed by atoms with Gasteiger partial charge in [-0.2, -0.15) is 5.10 Å². The molecule has 3 aromatic rings. The lowest BCUT2D eigenvalue weighted by atomic mass is 9.98. The summed E-state index contributed by atoms with van der Waals surface area (Å²) < 4.78 is 7.69. The zero-order chi connectivity index (χ0) is 22.7. The van der Waals surface area contributed by atoms with E-state index in [1.807, 2.05) is 69.0 Å². The average molecular weight is 434 g/mol. The van der Waals surface area contributed by atoms with Gasteiger partial charge in [-0.05, 0) is 58.7 Å². The van der Waals surface area contributed by atoms with Crippen molar-refractivity contribution in [1.82, 2.24) is 24.6 Å². The molecule has 0 bridgehead atoms. The molecule has 1 unspecified atom stereocenters. The van der Waals surface area contributed by atoms with E-state index in [2.05, 4.69) is 15.1 Å². The lowest BCUT2D eigenvalue weighted by molar-refractivity contribution is -0.132. The number of carbonyl (C=O) groups is 1. The molecule has 1 amide bonds. The molecule has 32 heavy (non-hydrogen) atoms. The van der Waals surface area contributed by atoms with E-state index in [0.29, 0.717) is 24.9 Å². The minimum absolute atomic E-state index is 0.140. The Morgan fingerprint density at radius 1 is 1.09 bits per heavy atom. The highest BCUT2D eigenvalue weighted by molar-refractivity contribution is 5.79. The van der Waals surface area contributed by atoms with Crippen molar-refractivity contribution in [2.45, 2.75) is 47.0 Å². The zero-order valence-corrected chi connectivity index (χ0v) is 19.3. The SMILES string of the molecule is Cc1cc(C)nc(-n2nc(C)c(CC(=O)N3CCCC(COc4ccccc4)C3)c2C)n1. The summed E-state index contributed by atoms with van der Waals surface area (Å²) in [5.41, 5.74) is 4.52. The summed E-state index contributed by atoms with van der Waals surface area (Å²) in [7, 11) is 0. The van der Waals surface area contributed by atoms with Crippen LogP contribution in [-0.2, 0) is 11.2 Å². The molecule has 0 spiro atoms. The van der Waals surface area contributed by atoms with Crippen LogP contribution in [0.4, 0.5) is 0 Å². The quantitative estimate of drug-likeness (QED) is 0.592. The smallest absolute Gasteiger partial charge is 0.251 e. The molecule has 1 saturated heterocycles. The second kappa shape index (κ2) is 9.51. The lowest BCUT2D eigenvalue weighted by Crippen LogP contribution is -2.42. The third-order valence-corrected chi connectivity index (χ3v) is 6.03. The van der Waals surface area contributed by atoms with Gasteiger partial charge >= 0.3 is 0 Å². The number of benzene rings is 1. The molecule has 0 saturated carbocycles. The first-order valence-electron chi connectivity index (χ1n) is 11.2. The van der Waals surface area contributed by atoms with Crippen LogP contribution >= 0.6 is 0 Å². The van der Waals surface area contributed by atoms with E-state index in [1.54, 1.807) is 4.68 Å². The number of hydrogen-bond acceptors (Lipinski definition) is 5. The van der Waals surface area contributed by atoms with Crippen molar-refractivity contribution < 1.29 is 9.53 Å². The monoisotopic (exact) mass is 433 g/mol. The molecule has 0 N–H and O–H groups in total. The van der Waals surface area contributed by atoms with Gasteiger partial charge in [0.05, 0.1) is 18.7 Å². The number of para-hydroxylation sites is 1. The van der Waals surface area contributed by atoms with Crippen LogP contribution in [0, 0.1) is 33.6 Å². The number of nitrogens with zero attached hydrogens (tertiary/aromatic N) is 5. The van der Waals surface area contributed by atoms with Crippen molar-refractivity contribution in [2.75, 3.05) is 19.7 Å². The minimum Gasteiger partial charge on any atom is -0.493 e. The number of aryl methyl sites for hydroxylation is 3. The Morgan fingerprint density at radius 2 is 1.81 bits per heavy atom. The molecule has 1 aromatic carbocycles. The van der Waals surface area contributed by atoms with Crippen LogP contribution < -0.4 is 4.74 Å². The molecule has 2 aromatic heterocycles. The second-order valence-electron chi connectivity index (χ2n) is 8.66. The highest BCUT2D eigenvalue weighted by atomic mass is 16.5. The largest absolute Gasteiger partial charge is 0.493 e. The summed E-state index contributed by atoms with van der Waals surface area (Å²) >= 11 is 0. The molecule has 0 aliphatic carbocycles. The maximum atomic E-state index is 13.2. The van der Waals surface area contributed by atoms with E-state index < -0.39 is 0 Å². The van der Waals surface area contributed by atoms with Crippen LogP contribution in [-0.4, -0.2) is 50.3 Å². The molecule has 1 fully saturated rings. The maximum Gasteiger partial charge on any atom is 0.251 e. The number of aromatic nitrogens is 4. The van der Waals surface area contributed by atoms with Gasteiger partial charge in [0.15, 0.2) is 0 Å². The summed E-state index contributed by atoms with van der Waals surface area (Å²) in [4.78, 5) is 24.2. The van der Waals surface area contributed by atoms with E-state index in [9.17, 15) is 4.79 Å². The number of piperidine rings is 1. The Morgan fingerprint density at radius 3 is 2.53 bits per heavy atom. The fourth-order valence-electron chi connectivity index (χ4n) is 4.35. The van der Waals surface area contributed by atoms with Crippen molar-refractivity contribution in [2.24, 2.45) is 5.92 Å². The number of amides is 1. The number of rotatable bonds is 6. The third-order valence-electron chi connectivity index (χ3n) is 6.03. The molecule has 1 aliphatic rings. The number of hydrogen-bond donors (Lipinski definition) is 0. The van der Waals surface area contributed by atoms with Gasteiger partial charge in [-0.15, -0.1) is 0 Å². The molecule has 3 heterocycles. The Kier molecular flexibility index (Phi) is 6.53. The van der Waals surface area contributed by atoms with Gasteiger partial charge in [0, 0.05) is 41.7 Å². The van der Waals surface area contributed by atoms with Gasteiger partial charge in [0.1, 0.15) is 5.75 Å². The average Bonchev–Trinajstić information content (AvgIpc) is 3.06. The Bertz CT molecular complexity index is 1070. The van der Waals surface area contributed by atoms with E-state index in [0.717, 1.165) is 60.0 Å². The van der Waals surface area contributed by atoms with Crippen LogP contribution in [0.5, 0.6) is 5.75 Å². The van der Waals surface area contributed by atoms with Gasteiger partial charge in [-0.3, -0.25) is 4.79 Å². The van der Waals surface area contributed by atoms with Gasteiger partial charge in [0.25, 0.3) is 5.95 Å². The standard InChI is InChI=1S/C25H31N5O2/c1-17-13-18(2)27-25(26-17)30-20(4)23(19(3)28-30)14-24(31)29-12-8-9-21(15-29)16-32-22-10-6-5-7-11-22/h5-7,10-11,13,21H,8-9,12,14-16H2,1-4H3. The molecular formula is C25H31N5O2. The molecule has 7 nitrogen and oxygen atoms in total. The number of carbonyl (C=O) groups excluding carboxylic acids is 1. The van der Waals surface area contributed by atoms with Crippen molar-refractivity contribution in [3.05, 3.63) is 64.7 Å². The van der Waals surface area contributed by atoms with E-state index in [1.165, 1.54) is 0 Å². The Labute approximate surface area is 189 Å². The van der Waals surface area contributed by atoms with Gasteiger partial charge in [0.2, 0.25) is 5.91 Å². The predicted octanol–water partition coefficient (Wildman–Crippen LogP) is 3.76. The van der Waals surface area contributed by atoms with Crippen molar-refractivity contribution in [3.63, 3.8) is 0 Å². The van der Waals surface area contributed by atoms with Gasteiger partial charge < -0.3 is 9.64 Å². The minimum atomic E-state index is 0.140. The highest BCUT2D eigenvalue weighted by Gasteiger charge is 2.26. The Hall–Kier alpha value is -3.22. The molecule has 0 radical (unpaired) electrons. The normalized spacial score (nSPS) is 16.2. The number of likely N-dealkylation sites (tertiary alicyclic amines) is 1. The first-order chi connectivity index (χ1) is 15.4. The topological polar surface area (TPSA) is 73.1 Å². The van der Waals surface area contributed by atoms with Crippen LogP contribution in [0.3, 0.4) is 0 Å². The molecule has 7 heteroatoms. The van der Waals surface area contributed by atoms with Crippen LogP contribution in [0.2, 0.25) is 0 Å². The van der Waals surface area contributed by atoms with Crippen LogP contribution in [0.15, 0.2) is 36.4 Å². The van der Waals surface area contributed by atoms with Crippen molar-refractivity contribution in [3.8, 4) is 11.7 Å². The van der Waals surface area contributed by atoms with Crippen molar-refractivity contribution >= 4 is 5.91 Å². The number of ether oxygens (including phenoxy) is 1. The van der Waals surface area contributed by atoms with Crippen LogP contribution in [0.25, 0.3) is 5.95 Å². The summed E-state index contributed by atoms with van der Waals surface area (Å²) in [5.74, 6) is 1.92. The molecule has 168 valence electrons. The predicted molar refractivity (Wildman–Crippen MR) is 123 cm³/mol. The molecule has 1 atom stereocenters. The molecule has 4 rings (SSSR count). The fraction of sp³-hybridized carbons (Fsp3) is 0.440.